The summed E-state index contributed by atoms with van der Waals surface area (Å²) in [5.41, 5.74) is 27.8. The fourth-order valence-electron chi connectivity index (χ4n) is 7.72. The first-order valence-corrected chi connectivity index (χ1v) is 24.2. The molecule has 0 aliphatic heterocycles. The van der Waals surface area contributed by atoms with E-state index in [1.54, 1.807) is 6.92 Å². The molecule has 0 aliphatic carbocycles. The van der Waals surface area contributed by atoms with Gasteiger partial charge in [0.25, 0.3) is 0 Å². The van der Waals surface area contributed by atoms with E-state index in [0.29, 0.717) is 32.2 Å². The number of carbonyl (C=O) groups is 9. The fourth-order valence-corrected chi connectivity index (χ4v) is 7.72. The Balaban J connectivity index is 6.49. The lowest BCUT2D eigenvalue weighted by atomic mass is 9.85. The SMILES string of the molecule is CCC(C)C(NC(=O)C(N)CCC(N)=O)C(=O)CC(CC(C)C)C(=O)NC(CO)C(=O)CC(CCCCN)C(=O)NC(CC(C)C)C(=O)CC(CCCN=C(N)N)C(=O)NC(CC(C)C)C(=O)O. The van der Waals surface area contributed by atoms with Crippen molar-refractivity contribution in [2.45, 2.75) is 175 Å². The first-order valence-electron chi connectivity index (χ1n) is 24.2. The largest absolute Gasteiger partial charge is 0.480 e. The van der Waals surface area contributed by atoms with Crippen LogP contribution in [0.15, 0.2) is 4.99 Å². The third kappa shape index (κ3) is 25.9. The average molecular weight is 967 g/mol. The Morgan fingerprint density at radius 3 is 1.51 bits per heavy atom. The maximum atomic E-state index is 14.1. The number of aliphatic hydroxyl groups is 1. The summed E-state index contributed by atoms with van der Waals surface area (Å²) in [6.45, 7) is 14.2. The highest BCUT2D eigenvalue weighted by atomic mass is 16.4. The zero-order valence-corrected chi connectivity index (χ0v) is 41.9. The zero-order chi connectivity index (χ0) is 52.3. The number of aliphatic carboxylic acids is 1. The van der Waals surface area contributed by atoms with Gasteiger partial charge >= 0.3 is 5.97 Å². The molecule has 21 heteroatoms. The van der Waals surface area contributed by atoms with Crippen molar-refractivity contribution in [1.82, 2.24) is 21.3 Å². The Morgan fingerprint density at radius 1 is 0.574 bits per heavy atom. The number of nitrogens with one attached hydrogen (secondary N) is 4. The van der Waals surface area contributed by atoms with Crippen molar-refractivity contribution in [3.05, 3.63) is 0 Å². The van der Waals surface area contributed by atoms with Crippen LogP contribution in [0, 0.1) is 41.4 Å². The summed E-state index contributed by atoms with van der Waals surface area (Å²) in [7, 11) is 0. The van der Waals surface area contributed by atoms with E-state index in [9.17, 15) is 53.4 Å². The number of guanidine groups is 1. The summed E-state index contributed by atoms with van der Waals surface area (Å²) in [5, 5.41) is 30.9. The number of ketones is 3. The van der Waals surface area contributed by atoms with Crippen LogP contribution in [0.5, 0.6) is 0 Å². The molecule has 0 aliphatic rings. The number of nitrogens with zero attached hydrogens (tertiary/aromatic N) is 1. The lowest BCUT2D eigenvalue weighted by molar-refractivity contribution is -0.143. The lowest BCUT2D eigenvalue weighted by Crippen LogP contribution is -2.52. The normalized spacial score (nSPS) is 15.4. The number of unbranched alkanes of at least 4 members (excludes halogenated alkanes) is 1. The van der Waals surface area contributed by atoms with Gasteiger partial charge in [-0.1, -0.05) is 68.2 Å². The number of aliphatic hydroxyl groups excluding tert-OH is 1. The van der Waals surface area contributed by atoms with Gasteiger partial charge in [-0.25, -0.2) is 4.79 Å². The van der Waals surface area contributed by atoms with E-state index in [1.807, 2.05) is 48.5 Å². The maximum absolute atomic E-state index is 14.1. The summed E-state index contributed by atoms with van der Waals surface area (Å²) in [6.07, 6.45) is 1.35. The van der Waals surface area contributed by atoms with Crippen LogP contribution in [0.25, 0.3) is 0 Å². The number of carboxylic acid groups (broad SMARTS) is 1. The molecule has 0 radical (unpaired) electrons. The van der Waals surface area contributed by atoms with Crippen LogP contribution < -0.4 is 49.9 Å². The first-order chi connectivity index (χ1) is 31.8. The van der Waals surface area contributed by atoms with Gasteiger partial charge in [-0.3, -0.25) is 43.3 Å². The molecular formula is C47H86N10O11. The van der Waals surface area contributed by atoms with Gasteiger partial charge in [0, 0.05) is 50.0 Å². The summed E-state index contributed by atoms with van der Waals surface area (Å²) in [4.78, 5) is 124. The molecule has 5 amide bonds. The molecule has 0 saturated heterocycles. The highest BCUT2D eigenvalue weighted by Crippen LogP contribution is 2.23. The van der Waals surface area contributed by atoms with Gasteiger partial charge in [0.1, 0.15) is 12.1 Å². The molecule has 9 atom stereocenters. The number of primary amides is 1. The van der Waals surface area contributed by atoms with Crippen LogP contribution in [0.2, 0.25) is 0 Å². The molecular weight excluding hydrogens is 881 g/mol. The highest BCUT2D eigenvalue weighted by molar-refractivity contribution is 5.97. The summed E-state index contributed by atoms with van der Waals surface area (Å²) in [6, 6.07) is -5.86. The number of hydrogen-bond acceptors (Lipinski definition) is 13. The minimum Gasteiger partial charge on any atom is -0.480 e. The lowest BCUT2D eigenvalue weighted by Gasteiger charge is -2.28. The second-order valence-corrected chi connectivity index (χ2v) is 19.4. The van der Waals surface area contributed by atoms with Gasteiger partial charge in [-0.05, 0) is 81.6 Å². The minimum atomic E-state index is -1.46. The van der Waals surface area contributed by atoms with Gasteiger partial charge in [-0.2, -0.15) is 0 Å². The molecule has 390 valence electrons. The third-order valence-electron chi connectivity index (χ3n) is 11.7. The predicted molar refractivity (Wildman–Crippen MR) is 259 cm³/mol. The molecule has 0 bridgehead atoms. The first kappa shape index (κ1) is 63.0. The number of hydrogen-bond donors (Lipinski definition) is 11. The molecule has 0 rings (SSSR count). The van der Waals surface area contributed by atoms with Crippen LogP contribution in [0.3, 0.4) is 0 Å². The van der Waals surface area contributed by atoms with E-state index in [4.69, 9.17) is 28.7 Å². The smallest absolute Gasteiger partial charge is 0.326 e. The number of carboxylic acids is 1. The Bertz CT molecular complexity index is 1670. The fraction of sp³-hybridized carbons (Fsp3) is 0.787. The van der Waals surface area contributed by atoms with Crippen molar-refractivity contribution in [1.29, 1.82) is 0 Å². The molecule has 68 heavy (non-hydrogen) atoms. The van der Waals surface area contributed by atoms with Gasteiger partial charge in [-0.15, -0.1) is 0 Å². The highest BCUT2D eigenvalue weighted by Gasteiger charge is 2.36. The van der Waals surface area contributed by atoms with E-state index < -0.39 is 114 Å². The number of rotatable bonds is 38. The number of amides is 5. The van der Waals surface area contributed by atoms with E-state index in [0.717, 1.165) is 0 Å². The molecule has 0 heterocycles. The quantitative estimate of drug-likeness (QED) is 0.0230. The molecule has 16 N–H and O–H groups in total. The monoisotopic (exact) mass is 967 g/mol. The maximum Gasteiger partial charge on any atom is 0.326 e. The van der Waals surface area contributed by atoms with Crippen LogP contribution in [-0.4, -0.2) is 119 Å². The van der Waals surface area contributed by atoms with Gasteiger partial charge in [0.15, 0.2) is 23.3 Å². The van der Waals surface area contributed by atoms with Crippen LogP contribution in [0.1, 0.15) is 145 Å². The van der Waals surface area contributed by atoms with Crippen molar-refractivity contribution < 1.29 is 53.4 Å². The Labute approximate surface area is 402 Å². The van der Waals surface area contributed by atoms with Crippen molar-refractivity contribution in [3.8, 4) is 0 Å². The second-order valence-electron chi connectivity index (χ2n) is 19.4. The Morgan fingerprint density at radius 2 is 1.04 bits per heavy atom. The van der Waals surface area contributed by atoms with Gasteiger partial charge in [0.05, 0.1) is 24.7 Å². The molecule has 9 unspecified atom stereocenters. The van der Waals surface area contributed by atoms with Crippen LogP contribution in [-0.2, 0) is 43.2 Å². The molecule has 0 saturated carbocycles. The predicted octanol–water partition coefficient (Wildman–Crippen LogP) is 0.688. The third-order valence-corrected chi connectivity index (χ3v) is 11.7. The Kier molecular flexibility index (Phi) is 31.0. The minimum absolute atomic E-state index is 0.0233. The van der Waals surface area contributed by atoms with Crippen molar-refractivity contribution in [2.75, 3.05) is 19.7 Å². The summed E-state index contributed by atoms with van der Waals surface area (Å²) in [5.74, 6) is -9.80. The van der Waals surface area contributed by atoms with E-state index in [1.165, 1.54) is 0 Å². The zero-order valence-electron chi connectivity index (χ0n) is 41.9. The molecule has 0 aromatic rings. The van der Waals surface area contributed by atoms with Gasteiger partial charge in [0.2, 0.25) is 29.5 Å². The van der Waals surface area contributed by atoms with Crippen molar-refractivity contribution in [2.24, 2.45) is 75.1 Å². The van der Waals surface area contributed by atoms with Crippen molar-refractivity contribution in [3.63, 3.8) is 0 Å². The molecule has 0 aromatic heterocycles. The van der Waals surface area contributed by atoms with Crippen molar-refractivity contribution >= 4 is 58.8 Å². The summed E-state index contributed by atoms with van der Waals surface area (Å²) >= 11 is 0. The number of Topliss-reactive ketones (excluding diaryl/α,β-unsaturated/α-hetero) is 3. The van der Waals surface area contributed by atoms with Crippen LogP contribution in [0.4, 0.5) is 0 Å². The van der Waals surface area contributed by atoms with Gasteiger partial charge < -0.3 is 60.1 Å². The second kappa shape index (κ2) is 33.5. The number of carbonyl (C=O) groups excluding carboxylic acids is 8. The van der Waals surface area contributed by atoms with E-state index in [-0.39, 0.29) is 94.0 Å². The standard InChI is InChI=1S/C47H86N10O11/c1-9-29(8)41(57-45(66)33(49)15-16-40(50)62)39(61)24-32(19-26(2)3)44(65)56-36(25-58)38(60)23-30(13-10-11-17-48)42(63)54-34(20-27(4)5)37(59)22-31(14-12-18-53-47(51)52)43(64)55-35(46(67)68)21-28(6)7/h26-36,41,58H,9-25,48-49H2,1-8H3,(H2,50,62)(H,54,63)(H,55,64)(H,56,65)(H,57,66)(H,67,68)(H4,51,52,53). The van der Waals surface area contributed by atoms with E-state index >= 15 is 0 Å². The number of aliphatic imine (C=N–C) groups is 1. The number of nitrogens with two attached hydrogens (primary N) is 5. The molecule has 0 spiro atoms. The average Bonchev–Trinajstić information content (AvgIpc) is 3.24. The van der Waals surface area contributed by atoms with E-state index in [2.05, 4.69) is 26.3 Å². The Hall–Kier alpha value is -5.02. The molecule has 21 nitrogen and oxygen atoms in total. The van der Waals surface area contributed by atoms with Crippen LogP contribution >= 0.6 is 0 Å². The molecule has 0 fully saturated rings. The summed E-state index contributed by atoms with van der Waals surface area (Å²) < 4.78 is 0. The topological polar surface area (TPSA) is 385 Å². The molecule has 0 aromatic carbocycles.